The number of carbonyl (C=O) groups is 2. The molecule has 1 saturated heterocycles. The van der Waals surface area contributed by atoms with E-state index in [1.807, 2.05) is 13.8 Å². The van der Waals surface area contributed by atoms with Crippen LogP contribution >= 0.6 is 0 Å². The number of carboxylic acid groups (broad SMARTS) is 1. The van der Waals surface area contributed by atoms with E-state index in [2.05, 4.69) is 0 Å². The molecule has 0 bridgehead atoms. The number of amides is 1. The SMILES string of the molecule is CCc1cc(C(=O)N2CC[C@@](F)(C(=O)O)C2)oc1CC. The lowest BCUT2D eigenvalue weighted by Crippen LogP contribution is -2.38. The van der Waals surface area contributed by atoms with Crippen LogP contribution in [0.3, 0.4) is 0 Å². The van der Waals surface area contributed by atoms with Gasteiger partial charge < -0.3 is 14.4 Å². The average Bonchev–Trinajstić information content (AvgIpc) is 3.02. The molecule has 1 fully saturated rings. The highest BCUT2D eigenvalue weighted by molar-refractivity contribution is 5.93. The summed E-state index contributed by atoms with van der Waals surface area (Å²) >= 11 is 0. The molecule has 2 rings (SSSR count). The number of furan rings is 1. The van der Waals surface area contributed by atoms with Crippen molar-refractivity contribution in [2.75, 3.05) is 13.1 Å². The molecule has 1 aliphatic heterocycles. The molecule has 1 aliphatic rings. The van der Waals surface area contributed by atoms with Gasteiger partial charge in [0.1, 0.15) is 5.76 Å². The van der Waals surface area contributed by atoms with Crippen molar-refractivity contribution in [2.45, 2.75) is 38.8 Å². The van der Waals surface area contributed by atoms with Gasteiger partial charge in [0.2, 0.25) is 5.67 Å². The van der Waals surface area contributed by atoms with Crippen LogP contribution in [0.15, 0.2) is 10.5 Å². The molecule has 0 radical (unpaired) electrons. The molecule has 1 aromatic rings. The van der Waals surface area contributed by atoms with E-state index in [0.717, 1.165) is 17.7 Å². The fourth-order valence-corrected chi connectivity index (χ4v) is 2.45. The van der Waals surface area contributed by atoms with Gasteiger partial charge in [-0.2, -0.15) is 0 Å². The Morgan fingerprint density at radius 2 is 2.15 bits per heavy atom. The fraction of sp³-hybridized carbons (Fsp3) is 0.571. The van der Waals surface area contributed by atoms with Crippen molar-refractivity contribution in [3.63, 3.8) is 0 Å². The minimum Gasteiger partial charge on any atom is -0.479 e. The first-order valence-electron chi connectivity index (χ1n) is 6.74. The summed E-state index contributed by atoms with van der Waals surface area (Å²) in [5.74, 6) is -1.05. The lowest BCUT2D eigenvalue weighted by Gasteiger charge is -2.16. The second-order valence-corrected chi connectivity index (χ2v) is 5.01. The van der Waals surface area contributed by atoms with E-state index in [0.29, 0.717) is 6.42 Å². The Morgan fingerprint density at radius 1 is 1.45 bits per heavy atom. The number of carbonyl (C=O) groups excluding carboxylic acids is 1. The number of likely N-dealkylation sites (tertiary alicyclic amines) is 1. The van der Waals surface area contributed by atoms with Gasteiger partial charge >= 0.3 is 5.97 Å². The van der Waals surface area contributed by atoms with E-state index in [4.69, 9.17) is 9.52 Å². The molecular formula is C14H18FNO4. The molecule has 0 unspecified atom stereocenters. The van der Waals surface area contributed by atoms with Crippen LogP contribution in [0.2, 0.25) is 0 Å². The molecule has 0 aliphatic carbocycles. The highest BCUT2D eigenvalue weighted by Gasteiger charge is 2.47. The number of hydrogen-bond donors (Lipinski definition) is 1. The summed E-state index contributed by atoms with van der Waals surface area (Å²) in [6.07, 6.45) is 1.25. The van der Waals surface area contributed by atoms with E-state index < -0.39 is 24.1 Å². The number of hydrogen-bond acceptors (Lipinski definition) is 3. The van der Waals surface area contributed by atoms with Crippen LogP contribution in [-0.2, 0) is 17.6 Å². The third-order valence-corrected chi connectivity index (χ3v) is 3.70. The van der Waals surface area contributed by atoms with Crippen molar-refractivity contribution in [3.05, 3.63) is 23.2 Å². The van der Waals surface area contributed by atoms with Crippen LogP contribution < -0.4 is 0 Å². The van der Waals surface area contributed by atoms with E-state index in [1.54, 1.807) is 6.07 Å². The maximum absolute atomic E-state index is 14.0. The van der Waals surface area contributed by atoms with Crippen molar-refractivity contribution in [3.8, 4) is 0 Å². The van der Waals surface area contributed by atoms with Crippen LogP contribution in [-0.4, -0.2) is 40.6 Å². The van der Waals surface area contributed by atoms with E-state index in [-0.39, 0.29) is 18.7 Å². The first-order chi connectivity index (χ1) is 9.41. The molecule has 1 atom stereocenters. The van der Waals surface area contributed by atoms with Crippen molar-refractivity contribution < 1.29 is 23.5 Å². The molecule has 1 aromatic heterocycles. The normalized spacial score (nSPS) is 22.2. The van der Waals surface area contributed by atoms with Crippen LogP contribution in [0, 0.1) is 0 Å². The second kappa shape index (κ2) is 5.26. The van der Waals surface area contributed by atoms with E-state index in [1.165, 1.54) is 4.90 Å². The van der Waals surface area contributed by atoms with Gasteiger partial charge in [0.25, 0.3) is 5.91 Å². The maximum Gasteiger partial charge on any atom is 0.343 e. The lowest BCUT2D eigenvalue weighted by molar-refractivity contribution is -0.149. The highest BCUT2D eigenvalue weighted by atomic mass is 19.1. The predicted octanol–water partition coefficient (Wildman–Crippen LogP) is 2.04. The van der Waals surface area contributed by atoms with Gasteiger partial charge in [-0.3, -0.25) is 4.79 Å². The summed E-state index contributed by atoms with van der Waals surface area (Å²) in [5, 5.41) is 8.83. The Balaban J connectivity index is 2.17. The molecule has 0 spiro atoms. The van der Waals surface area contributed by atoms with Crippen molar-refractivity contribution in [2.24, 2.45) is 0 Å². The molecule has 1 amide bonds. The number of alkyl halides is 1. The van der Waals surface area contributed by atoms with Crippen molar-refractivity contribution in [1.29, 1.82) is 0 Å². The average molecular weight is 283 g/mol. The Bertz CT molecular complexity index is 518. The molecule has 0 saturated carbocycles. The summed E-state index contributed by atoms with van der Waals surface area (Å²) in [6, 6.07) is 1.67. The van der Waals surface area contributed by atoms with E-state index in [9.17, 15) is 14.0 Å². The van der Waals surface area contributed by atoms with Gasteiger partial charge in [0.15, 0.2) is 5.76 Å². The molecule has 20 heavy (non-hydrogen) atoms. The van der Waals surface area contributed by atoms with Crippen molar-refractivity contribution in [1.82, 2.24) is 4.90 Å². The molecule has 2 heterocycles. The highest BCUT2D eigenvalue weighted by Crippen LogP contribution is 2.28. The fourth-order valence-electron chi connectivity index (χ4n) is 2.45. The quantitative estimate of drug-likeness (QED) is 0.918. The third kappa shape index (κ3) is 2.42. The lowest BCUT2D eigenvalue weighted by atomic mass is 10.1. The molecule has 110 valence electrons. The van der Waals surface area contributed by atoms with Crippen LogP contribution in [0.1, 0.15) is 42.1 Å². The number of rotatable bonds is 4. The first kappa shape index (κ1) is 14.6. The molecule has 6 heteroatoms. The zero-order valence-electron chi connectivity index (χ0n) is 11.6. The van der Waals surface area contributed by atoms with Crippen LogP contribution in [0.4, 0.5) is 4.39 Å². The largest absolute Gasteiger partial charge is 0.479 e. The number of nitrogens with zero attached hydrogens (tertiary/aromatic N) is 1. The van der Waals surface area contributed by atoms with Gasteiger partial charge in [0, 0.05) is 19.4 Å². The minimum absolute atomic E-state index is 0.0885. The van der Waals surface area contributed by atoms with Gasteiger partial charge in [-0.25, -0.2) is 9.18 Å². The van der Waals surface area contributed by atoms with Gasteiger partial charge in [-0.15, -0.1) is 0 Å². The number of halogens is 1. The van der Waals surface area contributed by atoms with Gasteiger partial charge in [-0.05, 0) is 18.1 Å². The third-order valence-electron chi connectivity index (χ3n) is 3.70. The molecule has 0 aromatic carbocycles. The smallest absolute Gasteiger partial charge is 0.343 e. The number of aryl methyl sites for hydroxylation is 2. The number of carboxylic acids is 1. The summed E-state index contributed by atoms with van der Waals surface area (Å²) in [7, 11) is 0. The van der Waals surface area contributed by atoms with Crippen LogP contribution in [0.5, 0.6) is 0 Å². The molecule has 1 N–H and O–H groups in total. The summed E-state index contributed by atoms with van der Waals surface area (Å²) in [4.78, 5) is 24.3. The Labute approximate surface area is 116 Å². The Morgan fingerprint density at radius 3 is 2.60 bits per heavy atom. The van der Waals surface area contributed by atoms with E-state index >= 15 is 0 Å². The summed E-state index contributed by atoms with van der Waals surface area (Å²) in [6.45, 7) is 3.56. The zero-order valence-corrected chi connectivity index (χ0v) is 11.6. The maximum atomic E-state index is 14.0. The molecule has 5 nitrogen and oxygen atoms in total. The topological polar surface area (TPSA) is 70.8 Å². The van der Waals surface area contributed by atoms with Gasteiger partial charge in [0.05, 0.1) is 6.54 Å². The minimum atomic E-state index is -2.34. The summed E-state index contributed by atoms with van der Waals surface area (Å²) < 4.78 is 19.5. The standard InChI is InChI=1S/C14H18FNO4/c1-3-9-7-11(20-10(9)4-2)12(17)16-6-5-14(15,8-16)13(18)19/h7H,3-6,8H2,1-2H3,(H,18,19)/t14-/m0/s1. The first-order valence-corrected chi connectivity index (χ1v) is 6.74. The Hall–Kier alpha value is -1.85. The zero-order chi connectivity index (χ0) is 14.9. The monoisotopic (exact) mass is 283 g/mol. The summed E-state index contributed by atoms with van der Waals surface area (Å²) in [5.41, 5.74) is -1.39. The van der Waals surface area contributed by atoms with Gasteiger partial charge in [-0.1, -0.05) is 13.8 Å². The van der Waals surface area contributed by atoms with Crippen LogP contribution in [0.25, 0.3) is 0 Å². The second-order valence-electron chi connectivity index (χ2n) is 5.01. The predicted molar refractivity (Wildman–Crippen MR) is 69.5 cm³/mol. The van der Waals surface area contributed by atoms with Crippen molar-refractivity contribution >= 4 is 11.9 Å². The molecular weight excluding hydrogens is 265 g/mol. The number of aliphatic carboxylic acids is 1. The Kier molecular flexibility index (Phi) is 3.83.